The van der Waals surface area contributed by atoms with Crippen molar-refractivity contribution >= 4 is 22.7 Å². The fourth-order valence-electron chi connectivity index (χ4n) is 2.17. The number of rotatable bonds is 4. The minimum Gasteiger partial charge on any atom is -0.323 e. The second-order valence-electron chi connectivity index (χ2n) is 5.02. The van der Waals surface area contributed by atoms with Crippen LogP contribution in [0.4, 0.5) is 0 Å². The van der Waals surface area contributed by atoms with E-state index < -0.39 is 0 Å². The van der Waals surface area contributed by atoms with Crippen LogP contribution in [0.3, 0.4) is 0 Å². The smallest absolute Gasteiger partial charge is 0.117 e. The zero-order valence-electron chi connectivity index (χ0n) is 11.9. The van der Waals surface area contributed by atoms with Gasteiger partial charge in [0.05, 0.1) is 5.52 Å². The van der Waals surface area contributed by atoms with Gasteiger partial charge in [0, 0.05) is 17.2 Å². The third-order valence-electron chi connectivity index (χ3n) is 3.41. The van der Waals surface area contributed by atoms with Gasteiger partial charge in [0.2, 0.25) is 0 Å². The van der Waals surface area contributed by atoms with Gasteiger partial charge in [0.1, 0.15) is 11.4 Å². The van der Waals surface area contributed by atoms with Crippen LogP contribution in [0.15, 0.2) is 59.9 Å². The van der Waals surface area contributed by atoms with E-state index in [9.17, 15) is 0 Å². The largest absolute Gasteiger partial charge is 0.323 e. The lowest BCUT2D eigenvalue weighted by Gasteiger charge is -2.12. The Kier molecular flexibility index (Phi) is 4.18. The summed E-state index contributed by atoms with van der Waals surface area (Å²) in [5.41, 5.74) is 9.65. The third-order valence-corrected chi connectivity index (χ3v) is 4.54. The molecule has 3 nitrogen and oxygen atoms in total. The van der Waals surface area contributed by atoms with Gasteiger partial charge < -0.3 is 5.73 Å². The molecule has 3 rings (SSSR count). The molecule has 0 saturated heterocycles. The fraction of sp³-hybridized carbons (Fsp3) is 0.176. The Morgan fingerprint density at radius 2 is 1.81 bits per heavy atom. The quantitative estimate of drug-likeness (QED) is 0.588. The van der Waals surface area contributed by atoms with Crippen molar-refractivity contribution in [3.05, 3.63) is 66.0 Å². The minimum absolute atomic E-state index is 0.00401. The van der Waals surface area contributed by atoms with Crippen LogP contribution >= 0.6 is 11.8 Å². The molecule has 0 saturated carbocycles. The molecule has 1 heterocycles. The van der Waals surface area contributed by atoms with Crippen LogP contribution in [0.2, 0.25) is 0 Å². The van der Waals surface area contributed by atoms with Gasteiger partial charge in [0.15, 0.2) is 0 Å². The number of aryl methyl sites for hydroxylation is 1. The lowest BCUT2D eigenvalue weighted by atomic mass is 10.1. The van der Waals surface area contributed by atoms with Gasteiger partial charge in [-0.05, 0) is 18.6 Å². The van der Waals surface area contributed by atoms with Crippen LogP contribution in [0.25, 0.3) is 10.9 Å². The maximum Gasteiger partial charge on any atom is 0.117 e. The van der Waals surface area contributed by atoms with Crippen molar-refractivity contribution in [1.82, 2.24) is 9.97 Å². The SMILES string of the molecule is Cc1ccc(C(N)CSc2ncnc3ccccc23)cc1. The first kappa shape index (κ1) is 14.0. The predicted octanol–water partition coefficient (Wildman–Crippen LogP) is 3.73. The number of para-hydroxylation sites is 1. The van der Waals surface area contributed by atoms with Crippen LogP contribution in [0, 0.1) is 6.92 Å². The highest BCUT2D eigenvalue weighted by Crippen LogP contribution is 2.27. The number of nitrogens with zero attached hydrogens (tertiary/aromatic N) is 2. The molecule has 2 N–H and O–H groups in total. The van der Waals surface area contributed by atoms with Crippen molar-refractivity contribution in [3.8, 4) is 0 Å². The van der Waals surface area contributed by atoms with E-state index in [-0.39, 0.29) is 6.04 Å². The van der Waals surface area contributed by atoms with Gasteiger partial charge in [0.25, 0.3) is 0 Å². The second-order valence-corrected chi connectivity index (χ2v) is 6.03. The van der Waals surface area contributed by atoms with E-state index in [1.54, 1.807) is 18.1 Å². The molecular formula is C17H17N3S. The van der Waals surface area contributed by atoms with Gasteiger partial charge in [-0.15, -0.1) is 11.8 Å². The van der Waals surface area contributed by atoms with Crippen LogP contribution < -0.4 is 5.73 Å². The summed E-state index contributed by atoms with van der Waals surface area (Å²) >= 11 is 1.68. The first-order chi connectivity index (χ1) is 10.2. The summed E-state index contributed by atoms with van der Waals surface area (Å²) in [6, 6.07) is 16.4. The monoisotopic (exact) mass is 295 g/mol. The highest BCUT2D eigenvalue weighted by atomic mass is 32.2. The highest BCUT2D eigenvalue weighted by Gasteiger charge is 2.09. The standard InChI is InChI=1S/C17H17N3S/c1-12-6-8-13(9-7-12)15(18)10-21-17-14-4-2-3-5-16(14)19-11-20-17/h2-9,11,15H,10,18H2,1H3. The van der Waals surface area contributed by atoms with Gasteiger partial charge in [-0.25, -0.2) is 9.97 Å². The molecule has 1 aromatic heterocycles. The first-order valence-electron chi connectivity index (χ1n) is 6.89. The van der Waals surface area contributed by atoms with Gasteiger partial charge in [-0.3, -0.25) is 0 Å². The molecule has 21 heavy (non-hydrogen) atoms. The Morgan fingerprint density at radius 1 is 1.05 bits per heavy atom. The number of benzene rings is 2. The Morgan fingerprint density at radius 3 is 2.62 bits per heavy atom. The van der Waals surface area contributed by atoms with Gasteiger partial charge in [-0.1, -0.05) is 48.0 Å². The number of nitrogens with two attached hydrogens (primary N) is 1. The summed E-state index contributed by atoms with van der Waals surface area (Å²) in [6.07, 6.45) is 1.61. The molecule has 0 radical (unpaired) electrons. The van der Waals surface area contributed by atoms with Crippen LogP contribution in [0.5, 0.6) is 0 Å². The second kappa shape index (κ2) is 6.24. The third kappa shape index (κ3) is 3.23. The average molecular weight is 295 g/mol. The normalized spacial score (nSPS) is 12.5. The fourth-order valence-corrected chi connectivity index (χ4v) is 3.15. The molecule has 4 heteroatoms. The number of hydrogen-bond donors (Lipinski definition) is 1. The molecule has 0 bridgehead atoms. The zero-order valence-corrected chi connectivity index (χ0v) is 12.7. The van der Waals surface area contributed by atoms with Crippen molar-refractivity contribution in [2.24, 2.45) is 5.73 Å². The number of hydrogen-bond acceptors (Lipinski definition) is 4. The van der Waals surface area contributed by atoms with E-state index >= 15 is 0 Å². The summed E-state index contributed by atoms with van der Waals surface area (Å²) in [7, 11) is 0. The van der Waals surface area contributed by atoms with Crippen LogP contribution in [0.1, 0.15) is 17.2 Å². The van der Waals surface area contributed by atoms with Crippen molar-refractivity contribution in [2.75, 3.05) is 5.75 Å². The Hall–Kier alpha value is -1.91. The molecule has 0 aliphatic carbocycles. The Labute approximate surface area is 128 Å². The maximum atomic E-state index is 6.27. The molecule has 0 aliphatic heterocycles. The average Bonchev–Trinajstić information content (AvgIpc) is 2.53. The molecule has 1 atom stereocenters. The minimum atomic E-state index is 0.00401. The lowest BCUT2D eigenvalue weighted by Crippen LogP contribution is -2.13. The highest BCUT2D eigenvalue weighted by molar-refractivity contribution is 7.99. The lowest BCUT2D eigenvalue weighted by molar-refractivity contribution is 0.829. The Balaban J connectivity index is 1.76. The van der Waals surface area contributed by atoms with Crippen LogP contribution in [-0.4, -0.2) is 15.7 Å². The van der Waals surface area contributed by atoms with Crippen molar-refractivity contribution < 1.29 is 0 Å². The summed E-state index contributed by atoms with van der Waals surface area (Å²) < 4.78 is 0. The molecule has 0 fully saturated rings. The first-order valence-corrected chi connectivity index (χ1v) is 7.87. The molecule has 3 aromatic rings. The summed E-state index contributed by atoms with van der Waals surface area (Å²) in [6.45, 7) is 2.08. The predicted molar refractivity (Wildman–Crippen MR) is 88.4 cm³/mol. The molecule has 0 amide bonds. The maximum absolute atomic E-state index is 6.27. The van der Waals surface area contributed by atoms with E-state index in [2.05, 4.69) is 47.2 Å². The molecule has 0 spiro atoms. The van der Waals surface area contributed by atoms with Crippen molar-refractivity contribution in [3.63, 3.8) is 0 Å². The molecule has 106 valence electrons. The zero-order chi connectivity index (χ0) is 14.7. The van der Waals surface area contributed by atoms with E-state index in [0.29, 0.717) is 0 Å². The van der Waals surface area contributed by atoms with Crippen LogP contribution in [-0.2, 0) is 0 Å². The van der Waals surface area contributed by atoms with E-state index in [4.69, 9.17) is 5.73 Å². The van der Waals surface area contributed by atoms with E-state index in [0.717, 1.165) is 27.2 Å². The van der Waals surface area contributed by atoms with Gasteiger partial charge in [-0.2, -0.15) is 0 Å². The number of thioether (sulfide) groups is 1. The molecule has 2 aromatic carbocycles. The summed E-state index contributed by atoms with van der Waals surface area (Å²) in [5, 5.41) is 2.07. The van der Waals surface area contributed by atoms with E-state index in [1.165, 1.54) is 5.56 Å². The topological polar surface area (TPSA) is 51.8 Å². The van der Waals surface area contributed by atoms with Gasteiger partial charge >= 0.3 is 0 Å². The van der Waals surface area contributed by atoms with Crippen molar-refractivity contribution in [1.29, 1.82) is 0 Å². The van der Waals surface area contributed by atoms with E-state index in [1.807, 2.05) is 18.2 Å². The Bertz CT molecular complexity index is 735. The molecule has 1 unspecified atom stereocenters. The number of aromatic nitrogens is 2. The van der Waals surface area contributed by atoms with Crippen molar-refractivity contribution in [2.45, 2.75) is 18.0 Å². The molecular weight excluding hydrogens is 278 g/mol. The summed E-state index contributed by atoms with van der Waals surface area (Å²) in [5.74, 6) is 0.796. The molecule has 0 aliphatic rings. The summed E-state index contributed by atoms with van der Waals surface area (Å²) in [4.78, 5) is 8.66. The number of fused-ring (bicyclic) bond motifs is 1.